The van der Waals surface area contributed by atoms with Crippen molar-refractivity contribution >= 4 is 0 Å². The summed E-state index contributed by atoms with van der Waals surface area (Å²) in [7, 11) is 0. The number of hydrogen-bond acceptors (Lipinski definition) is 0. The molecule has 0 aliphatic carbocycles. The molecule has 17 heavy (non-hydrogen) atoms. The number of rotatable bonds is 2. The average molecular weight is 234 g/mol. The SMILES string of the molecule is CC.CCc1cc(C)cc(C(C)(C)C)c1CC. The maximum Gasteiger partial charge on any atom is -0.0129 e. The lowest BCUT2D eigenvalue weighted by Crippen LogP contribution is -2.16. The Morgan fingerprint density at radius 3 is 1.82 bits per heavy atom. The maximum atomic E-state index is 2.36. The summed E-state index contributed by atoms with van der Waals surface area (Å²) in [4.78, 5) is 0. The maximum absolute atomic E-state index is 2.36. The first kappa shape index (κ1) is 16.2. The molecule has 0 saturated carbocycles. The zero-order valence-electron chi connectivity index (χ0n) is 13.1. The smallest absolute Gasteiger partial charge is 0.0129 e. The van der Waals surface area contributed by atoms with Crippen LogP contribution in [0.3, 0.4) is 0 Å². The summed E-state index contributed by atoms with van der Waals surface area (Å²) in [6.07, 6.45) is 2.30. The molecule has 1 aromatic rings. The van der Waals surface area contributed by atoms with E-state index in [9.17, 15) is 0 Å². The highest BCUT2D eigenvalue weighted by Crippen LogP contribution is 2.30. The second-order valence-corrected chi connectivity index (χ2v) is 5.41. The Hall–Kier alpha value is -0.780. The summed E-state index contributed by atoms with van der Waals surface area (Å²) in [6.45, 7) is 17.6. The number of aryl methyl sites for hydroxylation is 2. The Labute approximate surface area is 108 Å². The third-order valence-corrected chi connectivity index (χ3v) is 3.03. The largest absolute Gasteiger partial charge is 0.0683 e. The Morgan fingerprint density at radius 2 is 1.47 bits per heavy atom. The number of hydrogen-bond donors (Lipinski definition) is 0. The predicted octanol–water partition coefficient (Wildman–Crippen LogP) is 5.44. The van der Waals surface area contributed by atoms with Gasteiger partial charge in [-0.15, -0.1) is 0 Å². The van der Waals surface area contributed by atoms with Crippen molar-refractivity contribution in [3.05, 3.63) is 34.4 Å². The standard InChI is InChI=1S/C15H24.C2H6/c1-7-12-9-11(3)10-14(13(12)8-2)15(4,5)6;1-2/h9-10H,7-8H2,1-6H3;1-2H3. The van der Waals surface area contributed by atoms with Crippen molar-refractivity contribution in [2.24, 2.45) is 0 Å². The van der Waals surface area contributed by atoms with Crippen molar-refractivity contribution in [3.8, 4) is 0 Å². The fourth-order valence-corrected chi connectivity index (χ4v) is 2.29. The quantitative estimate of drug-likeness (QED) is 0.639. The molecule has 0 unspecified atom stereocenters. The van der Waals surface area contributed by atoms with E-state index in [1.54, 1.807) is 5.56 Å². The van der Waals surface area contributed by atoms with Gasteiger partial charge in [-0.3, -0.25) is 0 Å². The summed E-state index contributed by atoms with van der Waals surface area (Å²) in [6, 6.07) is 4.70. The third kappa shape index (κ3) is 4.18. The van der Waals surface area contributed by atoms with Crippen molar-refractivity contribution < 1.29 is 0 Å². The molecule has 0 amide bonds. The molecular formula is C17H30. The molecule has 0 N–H and O–H groups in total. The highest BCUT2D eigenvalue weighted by Gasteiger charge is 2.19. The van der Waals surface area contributed by atoms with E-state index in [0.717, 1.165) is 12.8 Å². The molecule has 0 spiro atoms. The minimum Gasteiger partial charge on any atom is -0.0683 e. The molecule has 0 atom stereocenters. The van der Waals surface area contributed by atoms with Crippen LogP contribution in [0, 0.1) is 6.92 Å². The number of benzene rings is 1. The monoisotopic (exact) mass is 234 g/mol. The second-order valence-electron chi connectivity index (χ2n) is 5.41. The Kier molecular flexibility index (Phi) is 6.52. The molecule has 0 aliphatic rings. The Morgan fingerprint density at radius 1 is 0.941 bits per heavy atom. The summed E-state index contributed by atoms with van der Waals surface area (Å²) in [5.74, 6) is 0. The lowest BCUT2D eigenvalue weighted by Gasteiger charge is -2.25. The molecular weight excluding hydrogens is 204 g/mol. The van der Waals surface area contributed by atoms with Gasteiger partial charge in [0.05, 0.1) is 0 Å². The molecule has 0 aromatic heterocycles. The van der Waals surface area contributed by atoms with Crippen molar-refractivity contribution in [3.63, 3.8) is 0 Å². The first-order chi connectivity index (χ1) is 7.90. The summed E-state index contributed by atoms with van der Waals surface area (Å²) < 4.78 is 0. The van der Waals surface area contributed by atoms with Crippen molar-refractivity contribution in [1.29, 1.82) is 0 Å². The second kappa shape index (κ2) is 6.83. The normalized spacial score (nSPS) is 10.8. The van der Waals surface area contributed by atoms with Gasteiger partial charge in [0.1, 0.15) is 0 Å². The van der Waals surface area contributed by atoms with Crippen LogP contribution in [0.4, 0.5) is 0 Å². The first-order valence-corrected chi connectivity index (χ1v) is 7.03. The minimum atomic E-state index is 0.265. The van der Waals surface area contributed by atoms with Gasteiger partial charge in [-0.25, -0.2) is 0 Å². The minimum absolute atomic E-state index is 0.265. The van der Waals surface area contributed by atoms with Crippen LogP contribution in [0.25, 0.3) is 0 Å². The highest BCUT2D eigenvalue weighted by atomic mass is 14.2. The highest BCUT2D eigenvalue weighted by molar-refractivity contribution is 5.42. The molecule has 0 bridgehead atoms. The lowest BCUT2D eigenvalue weighted by molar-refractivity contribution is 0.581. The molecule has 0 fully saturated rings. The van der Waals surface area contributed by atoms with Crippen LogP contribution in [0.2, 0.25) is 0 Å². The van der Waals surface area contributed by atoms with Gasteiger partial charge in [-0.1, -0.05) is 66.2 Å². The topological polar surface area (TPSA) is 0 Å². The molecule has 0 saturated heterocycles. The van der Waals surface area contributed by atoms with E-state index in [1.807, 2.05) is 13.8 Å². The lowest BCUT2D eigenvalue weighted by atomic mass is 9.80. The molecule has 0 heteroatoms. The molecule has 0 heterocycles. The predicted molar refractivity (Wildman–Crippen MR) is 80.0 cm³/mol. The zero-order chi connectivity index (χ0) is 13.6. The van der Waals surface area contributed by atoms with E-state index in [-0.39, 0.29) is 5.41 Å². The average Bonchev–Trinajstić information content (AvgIpc) is 2.29. The van der Waals surface area contributed by atoms with E-state index in [2.05, 4.69) is 53.7 Å². The van der Waals surface area contributed by atoms with Crippen molar-refractivity contribution in [2.45, 2.75) is 73.6 Å². The van der Waals surface area contributed by atoms with E-state index in [1.165, 1.54) is 16.7 Å². The molecule has 1 aromatic carbocycles. The van der Waals surface area contributed by atoms with Crippen LogP contribution in [-0.2, 0) is 18.3 Å². The van der Waals surface area contributed by atoms with Crippen LogP contribution in [0.15, 0.2) is 12.1 Å². The summed E-state index contributed by atoms with van der Waals surface area (Å²) >= 11 is 0. The first-order valence-electron chi connectivity index (χ1n) is 7.03. The van der Waals surface area contributed by atoms with Crippen LogP contribution in [0.1, 0.15) is 70.7 Å². The van der Waals surface area contributed by atoms with Crippen LogP contribution in [-0.4, -0.2) is 0 Å². The van der Waals surface area contributed by atoms with Gasteiger partial charge in [0, 0.05) is 0 Å². The van der Waals surface area contributed by atoms with Gasteiger partial charge in [0.2, 0.25) is 0 Å². The summed E-state index contributed by atoms with van der Waals surface area (Å²) in [5.41, 5.74) is 6.29. The van der Waals surface area contributed by atoms with Gasteiger partial charge in [0.15, 0.2) is 0 Å². The van der Waals surface area contributed by atoms with E-state index >= 15 is 0 Å². The van der Waals surface area contributed by atoms with Gasteiger partial charge in [-0.05, 0) is 41.9 Å². The van der Waals surface area contributed by atoms with Crippen LogP contribution < -0.4 is 0 Å². The molecule has 0 radical (unpaired) electrons. The van der Waals surface area contributed by atoms with E-state index < -0.39 is 0 Å². The van der Waals surface area contributed by atoms with Gasteiger partial charge in [0.25, 0.3) is 0 Å². The zero-order valence-corrected chi connectivity index (χ0v) is 13.1. The van der Waals surface area contributed by atoms with E-state index in [0.29, 0.717) is 0 Å². The fourth-order valence-electron chi connectivity index (χ4n) is 2.29. The summed E-state index contributed by atoms with van der Waals surface area (Å²) in [5, 5.41) is 0. The molecule has 98 valence electrons. The van der Waals surface area contributed by atoms with E-state index in [4.69, 9.17) is 0 Å². The van der Waals surface area contributed by atoms with Gasteiger partial charge < -0.3 is 0 Å². The van der Waals surface area contributed by atoms with Crippen molar-refractivity contribution in [1.82, 2.24) is 0 Å². The molecule has 1 rings (SSSR count). The van der Waals surface area contributed by atoms with Crippen LogP contribution in [0.5, 0.6) is 0 Å². The van der Waals surface area contributed by atoms with Gasteiger partial charge >= 0.3 is 0 Å². The third-order valence-electron chi connectivity index (χ3n) is 3.03. The fraction of sp³-hybridized carbons (Fsp3) is 0.647. The van der Waals surface area contributed by atoms with Crippen LogP contribution >= 0.6 is 0 Å². The molecule has 0 nitrogen and oxygen atoms in total. The Bertz CT molecular complexity index is 340. The molecule has 0 aliphatic heterocycles. The van der Waals surface area contributed by atoms with Crippen molar-refractivity contribution in [2.75, 3.05) is 0 Å². The Balaban J connectivity index is 0.00000121. The van der Waals surface area contributed by atoms with Gasteiger partial charge in [-0.2, -0.15) is 0 Å².